The third kappa shape index (κ3) is 3.32. The molecule has 0 aliphatic carbocycles. The summed E-state index contributed by atoms with van der Waals surface area (Å²) in [5.74, 6) is -1.13. The largest absolute Gasteiger partial charge is 0.480 e. The molecule has 88 valence electrons. The van der Waals surface area contributed by atoms with E-state index in [1.807, 2.05) is 0 Å². The molecule has 0 radical (unpaired) electrons. The molecule has 1 rings (SSSR count). The molecule has 1 unspecified atom stereocenters. The van der Waals surface area contributed by atoms with Crippen LogP contribution in [0.15, 0.2) is 29.2 Å². The second kappa shape index (κ2) is 5.62. The summed E-state index contributed by atoms with van der Waals surface area (Å²) in [4.78, 5) is 11.3. The van der Waals surface area contributed by atoms with Gasteiger partial charge in [0.2, 0.25) is 0 Å². The highest BCUT2D eigenvalue weighted by Gasteiger charge is 2.15. The molecular formula is C10H13NO4S. The average molecular weight is 243 g/mol. The Morgan fingerprint density at radius 2 is 2.25 bits per heavy atom. The topological polar surface area (TPSA) is 86.6 Å². The molecule has 0 spiro atoms. The SMILES string of the molecule is CS(=O)c1cccc(N[C@@H](CO)C(=O)O)c1. The van der Waals surface area contributed by atoms with Crippen LogP contribution in [0.3, 0.4) is 0 Å². The maximum absolute atomic E-state index is 11.2. The van der Waals surface area contributed by atoms with E-state index < -0.39 is 29.4 Å². The van der Waals surface area contributed by atoms with Gasteiger partial charge in [-0.15, -0.1) is 0 Å². The summed E-state index contributed by atoms with van der Waals surface area (Å²) >= 11 is 0. The molecule has 2 atom stereocenters. The van der Waals surface area contributed by atoms with E-state index >= 15 is 0 Å². The van der Waals surface area contributed by atoms with Gasteiger partial charge in [0.05, 0.1) is 6.61 Å². The van der Waals surface area contributed by atoms with Gasteiger partial charge in [0.1, 0.15) is 6.04 Å². The normalized spacial score (nSPS) is 14.1. The number of carbonyl (C=O) groups is 1. The fraction of sp³-hybridized carbons (Fsp3) is 0.300. The second-order valence-corrected chi connectivity index (χ2v) is 4.58. The van der Waals surface area contributed by atoms with Crippen molar-refractivity contribution in [2.45, 2.75) is 10.9 Å². The first-order chi connectivity index (χ1) is 7.54. The Morgan fingerprint density at radius 1 is 1.56 bits per heavy atom. The zero-order valence-corrected chi connectivity index (χ0v) is 9.53. The van der Waals surface area contributed by atoms with Gasteiger partial charge < -0.3 is 15.5 Å². The highest BCUT2D eigenvalue weighted by Crippen LogP contribution is 2.14. The van der Waals surface area contributed by atoms with Crippen molar-refractivity contribution in [1.29, 1.82) is 0 Å². The Labute approximate surface area is 95.6 Å². The predicted octanol–water partition coefficient (Wildman–Crippen LogP) is 0.281. The van der Waals surface area contributed by atoms with Crippen LogP contribution in [0, 0.1) is 0 Å². The van der Waals surface area contributed by atoms with E-state index in [0.29, 0.717) is 10.6 Å². The lowest BCUT2D eigenvalue weighted by atomic mass is 10.2. The third-order valence-electron chi connectivity index (χ3n) is 1.99. The monoisotopic (exact) mass is 243 g/mol. The number of nitrogens with one attached hydrogen (secondary N) is 1. The maximum atomic E-state index is 11.2. The molecule has 0 amide bonds. The summed E-state index contributed by atoms with van der Waals surface area (Å²) in [5, 5.41) is 20.2. The molecule has 3 N–H and O–H groups in total. The van der Waals surface area contributed by atoms with E-state index in [2.05, 4.69) is 5.32 Å². The van der Waals surface area contributed by atoms with Crippen LogP contribution >= 0.6 is 0 Å². The minimum Gasteiger partial charge on any atom is -0.480 e. The van der Waals surface area contributed by atoms with Crippen molar-refractivity contribution in [3.05, 3.63) is 24.3 Å². The van der Waals surface area contributed by atoms with Crippen LogP contribution in [0.5, 0.6) is 0 Å². The highest BCUT2D eigenvalue weighted by molar-refractivity contribution is 7.84. The van der Waals surface area contributed by atoms with E-state index in [-0.39, 0.29) is 0 Å². The first-order valence-corrected chi connectivity index (χ1v) is 6.14. The number of carboxylic acid groups (broad SMARTS) is 1. The molecule has 6 heteroatoms. The number of hydrogen-bond acceptors (Lipinski definition) is 4. The smallest absolute Gasteiger partial charge is 0.328 e. The average Bonchev–Trinajstić information content (AvgIpc) is 2.25. The molecule has 0 fully saturated rings. The summed E-state index contributed by atoms with van der Waals surface area (Å²) in [6, 6.07) is 5.57. The van der Waals surface area contributed by atoms with E-state index in [9.17, 15) is 9.00 Å². The first kappa shape index (κ1) is 12.7. The summed E-state index contributed by atoms with van der Waals surface area (Å²) in [6.07, 6.45) is 1.54. The van der Waals surface area contributed by atoms with Crippen molar-refractivity contribution in [3.63, 3.8) is 0 Å². The zero-order valence-electron chi connectivity index (χ0n) is 8.71. The molecule has 0 aromatic heterocycles. The van der Waals surface area contributed by atoms with Crippen molar-refractivity contribution in [3.8, 4) is 0 Å². The summed E-state index contributed by atoms with van der Waals surface area (Å²) in [7, 11) is -1.12. The highest BCUT2D eigenvalue weighted by atomic mass is 32.2. The maximum Gasteiger partial charge on any atom is 0.328 e. The molecular weight excluding hydrogens is 230 g/mol. The van der Waals surface area contributed by atoms with Crippen molar-refractivity contribution >= 4 is 22.5 Å². The fourth-order valence-electron chi connectivity index (χ4n) is 1.15. The Balaban J connectivity index is 2.84. The third-order valence-corrected chi connectivity index (χ3v) is 2.91. The molecule has 0 aliphatic heterocycles. The molecule has 16 heavy (non-hydrogen) atoms. The van der Waals surface area contributed by atoms with Gasteiger partial charge in [-0.25, -0.2) is 4.79 Å². The zero-order chi connectivity index (χ0) is 12.1. The lowest BCUT2D eigenvalue weighted by Crippen LogP contribution is -2.32. The van der Waals surface area contributed by atoms with Crippen LogP contribution in [0.4, 0.5) is 5.69 Å². The van der Waals surface area contributed by atoms with Crippen molar-refractivity contribution in [1.82, 2.24) is 0 Å². The quantitative estimate of drug-likeness (QED) is 0.691. The molecule has 1 aromatic rings. The van der Waals surface area contributed by atoms with Gasteiger partial charge in [-0.05, 0) is 18.2 Å². The van der Waals surface area contributed by atoms with E-state index in [0.717, 1.165) is 0 Å². The van der Waals surface area contributed by atoms with Gasteiger partial charge in [-0.1, -0.05) is 6.07 Å². The lowest BCUT2D eigenvalue weighted by Gasteiger charge is -2.13. The minimum absolute atomic E-state index is 0.505. The number of aliphatic hydroxyl groups excluding tert-OH is 1. The summed E-state index contributed by atoms with van der Waals surface area (Å²) in [6.45, 7) is -0.505. The lowest BCUT2D eigenvalue weighted by molar-refractivity contribution is -0.138. The van der Waals surface area contributed by atoms with Gasteiger partial charge in [-0.2, -0.15) is 0 Å². The number of benzene rings is 1. The van der Waals surface area contributed by atoms with Crippen molar-refractivity contribution < 1.29 is 19.2 Å². The molecule has 0 heterocycles. The molecule has 5 nitrogen and oxygen atoms in total. The van der Waals surface area contributed by atoms with E-state index in [1.54, 1.807) is 30.5 Å². The van der Waals surface area contributed by atoms with E-state index in [4.69, 9.17) is 10.2 Å². The van der Waals surface area contributed by atoms with Crippen LogP contribution in [0.25, 0.3) is 0 Å². The summed E-state index contributed by atoms with van der Waals surface area (Å²) < 4.78 is 11.2. The molecule has 0 bridgehead atoms. The van der Waals surface area contributed by atoms with Crippen LogP contribution in [0.1, 0.15) is 0 Å². The Kier molecular flexibility index (Phi) is 4.45. The minimum atomic E-state index is -1.13. The Hall–Kier alpha value is -1.40. The number of anilines is 1. The van der Waals surface area contributed by atoms with Gasteiger partial charge in [-0.3, -0.25) is 4.21 Å². The standard InChI is InChI=1S/C10H13NO4S/c1-16(15)8-4-2-3-7(5-8)11-9(6-12)10(13)14/h2-5,9,11-12H,6H2,1H3,(H,13,14)/t9-,16?/m0/s1. The first-order valence-electron chi connectivity index (χ1n) is 4.58. The Morgan fingerprint density at radius 3 is 2.75 bits per heavy atom. The van der Waals surface area contributed by atoms with Crippen LogP contribution in [0.2, 0.25) is 0 Å². The van der Waals surface area contributed by atoms with Gasteiger partial charge in [0.15, 0.2) is 0 Å². The predicted molar refractivity (Wildman–Crippen MR) is 60.9 cm³/mol. The molecule has 0 aliphatic rings. The van der Waals surface area contributed by atoms with Gasteiger partial charge >= 0.3 is 5.97 Å². The number of carboxylic acids is 1. The second-order valence-electron chi connectivity index (χ2n) is 3.20. The van der Waals surface area contributed by atoms with E-state index in [1.165, 1.54) is 0 Å². The molecule has 0 saturated carbocycles. The van der Waals surface area contributed by atoms with Crippen molar-refractivity contribution in [2.24, 2.45) is 0 Å². The fourth-order valence-corrected chi connectivity index (χ4v) is 1.71. The van der Waals surface area contributed by atoms with Crippen LogP contribution < -0.4 is 5.32 Å². The summed E-state index contributed by atoms with van der Waals surface area (Å²) in [5.41, 5.74) is 0.522. The van der Waals surface area contributed by atoms with Crippen LogP contribution in [-0.2, 0) is 15.6 Å². The van der Waals surface area contributed by atoms with Gasteiger partial charge in [0.25, 0.3) is 0 Å². The number of hydrogen-bond donors (Lipinski definition) is 3. The number of rotatable bonds is 5. The number of aliphatic carboxylic acids is 1. The van der Waals surface area contributed by atoms with Crippen LogP contribution in [-0.4, -0.2) is 39.3 Å². The molecule has 0 saturated heterocycles. The van der Waals surface area contributed by atoms with Crippen molar-refractivity contribution in [2.75, 3.05) is 18.2 Å². The molecule has 1 aromatic carbocycles. The Bertz CT molecular complexity index is 408. The van der Waals surface area contributed by atoms with Gasteiger partial charge in [0, 0.05) is 27.6 Å². The number of aliphatic hydroxyl groups is 1.